The van der Waals surface area contributed by atoms with E-state index in [2.05, 4.69) is 44.3 Å². The van der Waals surface area contributed by atoms with Gasteiger partial charge in [0.1, 0.15) is 23.5 Å². The van der Waals surface area contributed by atoms with Crippen molar-refractivity contribution in [2.24, 2.45) is 0 Å². The smallest absolute Gasteiger partial charge is 0.317 e. The Morgan fingerprint density at radius 1 is 1.12 bits per heavy atom. The zero-order chi connectivity index (χ0) is 16.4. The van der Waals surface area contributed by atoms with Crippen molar-refractivity contribution in [3.05, 3.63) is 42.4 Å². The van der Waals surface area contributed by atoms with Crippen LogP contribution in [-0.4, -0.2) is 26.0 Å². The van der Waals surface area contributed by atoms with E-state index in [0.717, 1.165) is 18.5 Å². The van der Waals surface area contributed by atoms with Gasteiger partial charge in [-0.1, -0.05) is 12.1 Å². The number of rotatable bonds is 4. The van der Waals surface area contributed by atoms with Crippen LogP contribution in [0.2, 0.25) is 0 Å². The molecule has 2 aromatic heterocycles. The van der Waals surface area contributed by atoms with Gasteiger partial charge in [0.15, 0.2) is 5.82 Å². The standard InChI is InChI=1S/C18H19N5O/c1-12-5-4-6-13(9-12)22-17-16-15(20-11-21-17)10-19-18(23-16)24-14-7-2-3-8-14/h4-6,9-11,14H,2-3,7-8H2,1H3,(H,20,21,22). The highest BCUT2D eigenvalue weighted by Crippen LogP contribution is 2.25. The predicted octanol–water partition coefficient (Wildman–Crippen LogP) is 3.79. The Labute approximate surface area is 140 Å². The molecule has 0 atom stereocenters. The Morgan fingerprint density at radius 2 is 2.00 bits per heavy atom. The van der Waals surface area contributed by atoms with E-state index in [1.807, 2.05) is 12.1 Å². The van der Waals surface area contributed by atoms with E-state index in [-0.39, 0.29) is 6.10 Å². The van der Waals surface area contributed by atoms with Crippen molar-refractivity contribution in [1.29, 1.82) is 0 Å². The van der Waals surface area contributed by atoms with E-state index in [9.17, 15) is 0 Å². The van der Waals surface area contributed by atoms with Crippen LogP contribution in [0.1, 0.15) is 31.2 Å². The molecule has 3 aromatic rings. The summed E-state index contributed by atoms with van der Waals surface area (Å²) in [5, 5.41) is 3.31. The van der Waals surface area contributed by atoms with Gasteiger partial charge < -0.3 is 10.1 Å². The number of ether oxygens (including phenoxy) is 1. The molecule has 0 spiro atoms. The average molecular weight is 321 g/mol. The molecule has 122 valence electrons. The maximum Gasteiger partial charge on any atom is 0.317 e. The lowest BCUT2D eigenvalue weighted by molar-refractivity contribution is 0.193. The van der Waals surface area contributed by atoms with E-state index in [4.69, 9.17) is 4.74 Å². The van der Waals surface area contributed by atoms with Crippen LogP contribution in [0.25, 0.3) is 11.0 Å². The Bertz CT molecular complexity index is 861. The molecule has 0 saturated heterocycles. The van der Waals surface area contributed by atoms with Crippen molar-refractivity contribution in [3.63, 3.8) is 0 Å². The van der Waals surface area contributed by atoms with Gasteiger partial charge in [-0.2, -0.15) is 4.98 Å². The topological polar surface area (TPSA) is 72.8 Å². The number of fused-ring (bicyclic) bond motifs is 1. The summed E-state index contributed by atoms with van der Waals surface area (Å²) in [6.45, 7) is 2.05. The lowest BCUT2D eigenvalue weighted by Gasteiger charge is -2.12. The number of aromatic nitrogens is 4. The third-order valence-electron chi connectivity index (χ3n) is 4.21. The van der Waals surface area contributed by atoms with E-state index >= 15 is 0 Å². The van der Waals surface area contributed by atoms with Crippen molar-refractivity contribution >= 4 is 22.5 Å². The number of anilines is 2. The van der Waals surface area contributed by atoms with Gasteiger partial charge in [-0.25, -0.2) is 15.0 Å². The molecule has 0 unspecified atom stereocenters. The van der Waals surface area contributed by atoms with Crippen LogP contribution in [0.3, 0.4) is 0 Å². The SMILES string of the molecule is Cc1cccc(Nc2ncnc3cnc(OC4CCCC4)nc23)c1. The quantitative estimate of drug-likeness (QED) is 0.788. The van der Waals surface area contributed by atoms with E-state index in [0.29, 0.717) is 22.9 Å². The minimum atomic E-state index is 0.222. The summed E-state index contributed by atoms with van der Waals surface area (Å²) in [7, 11) is 0. The molecule has 1 aromatic carbocycles. The van der Waals surface area contributed by atoms with Crippen molar-refractivity contribution in [1.82, 2.24) is 19.9 Å². The van der Waals surface area contributed by atoms with Gasteiger partial charge in [0.05, 0.1) is 6.20 Å². The fraction of sp³-hybridized carbons (Fsp3) is 0.333. The first-order valence-corrected chi connectivity index (χ1v) is 8.26. The summed E-state index contributed by atoms with van der Waals surface area (Å²) >= 11 is 0. The lowest BCUT2D eigenvalue weighted by Crippen LogP contribution is -2.13. The first-order chi connectivity index (χ1) is 11.8. The maximum atomic E-state index is 5.90. The molecule has 4 rings (SSSR count). The molecule has 2 heterocycles. The second-order valence-corrected chi connectivity index (χ2v) is 6.13. The Kier molecular flexibility index (Phi) is 3.94. The highest BCUT2D eigenvalue weighted by molar-refractivity contribution is 5.86. The van der Waals surface area contributed by atoms with E-state index < -0.39 is 0 Å². The van der Waals surface area contributed by atoms with Gasteiger partial charge in [-0.15, -0.1) is 0 Å². The molecule has 6 heteroatoms. The summed E-state index contributed by atoms with van der Waals surface area (Å²) in [6.07, 6.45) is 7.99. The zero-order valence-electron chi connectivity index (χ0n) is 13.6. The Hall–Kier alpha value is -2.76. The molecule has 1 fully saturated rings. The fourth-order valence-electron chi connectivity index (χ4n) is 3.00. The third-order valence-corrected chi connectivity index (χ3v) is 4.21. The van der Waals surface area contributed by atoms with Crippen molar-refractivity contribution < 1.29 is 4.74 Å². The van der Waals surface area contributed by atoms with Crippen LogP contribution >= 0.6 is 0 Å². The van der Waals surface area contributed by atoms with Gasteiger partial charge >= 0.3 is 6.01 Å². The van der Waals surface area contributed by atoms with Gasteiger partial charge in [-0.05, 0) is 50.3 Å². The number of hydrogen-bond donors (Lipinski definition) is 1. The van der Waals surface area contributed by atoms with Crippen LogP contribution in [0.4, 0.5) is 11.5 Å². The van der Waals surface area contributed by atoms with E-state index in [1.165, 1.54) is 24.7 Å². The molecule has 1 N–H and O–H groups in total. The summed E-state index contributed by atoms with van der Waals surface area (Å²) in [5.41, 5.74) is 3.51. The first kappa shape index (κ1) is 14.8. The molecule has 0 radical (unpaired) electrons. The highest BCUT2D eigenvalue weighted by Gasteiger charge is 2.18. The molecule has 1 aliphatic carbocycles. The van der Waals surface area contributed by atoms with Crippen LogP contribution in [0.15, 0.2) is 36.8 Å². The summed E-state index contributed by atoms with van der Waals surface area (Å²) in [5.74, 6) is 0.657. The minimum absolute atomic E-state index is 0.222. The average Bonchev–Trinajstić information content (AvgIpc) is 3.08. The molecule has 0 bridgehead atoms. The second-order valence-electron chi connectivity index (χ2n) is 6.13. The number of aryl methyl sites for hydroxylation is 1. The third kappa shape index (κ3) is 3.13. The Morgan fingerprint density at radius 3 is 2.83 bits per heavy atom. The monoisotopic (exact) mass is 321 g/mol. The Balaban J connectivity index is 1.66. The van der Waals surface area contributed by atoms with E-state index in [1.54, 1.807) is 6.20 Å². The summed E-state index contributed by atoms with van der Waals surface area (Å²) in [4.78, 5) is 17.4. The summed E-state index contributed by atoms with van der Waals surface area (Å²) < 4.78 is 5.90. The maximum absolute atomic E-state index is 5.90. The molecular formula is C18H19N5O. The largest absolute Gasteiger partial charge is 0.460 e. The van der Waals surface area contributed by atoms with Crippen LogP contribution < -0.4 is 10.1 Å². The highest BCUT2D eigenvalue weighted by atomic mass is 16.5. The molecule has 0 aliphatic heterocycles. The van der Waals surface area contributed by atoms with Crippen molar-refractivity contribution in [3.8, 4) is 6.01 Å². The molecule has 1 saturated carbocycles. The molecule has 1 aliphatic rings. The predicted molar refractivity (Wildman–Crippen MR) is 92.5 cm³/mol. The number of hydrogen-bond acceptors (Lipinski definition) is 6. The second kappa shape index (κ2) is 6.39. The lowest BCUT2D eigenvalue weighted by atomic mass is 10.2. The molecule has 0 amide bonds. The number of benzene rings is 1. The number of nitrogens with one attached hydrogen (secondary N) is 1. The zero-order valence-corrected chi connectivity index (χ0v) is 13.6. The van der Waals surface area contributed by atoms with Crippen molar-refractivity contribution in [2.45, 2.75) is 38.7 Å². The molecule has 24 heavy (non-hydrogen) atoms. The van der Waals surface area contributed by atoms with Crippen LogP contribution in [0.5, 0.6) is 6.01 Å². The van der Waals surface area contributed by atoms with Crippen molar-refractivity contribution in [2.75, 3.05) is 5.32 Å². The summed E-state index contributed by atoms with van der Waals surface area (Å²) in [6, 6.07) is 8.52. The van der Waals surface area contributed by atoms with Crippen LogP contribution in [-0.2, 0) is 0 Å². The normalized spacial score (nSPS) is 14.9. The molecule has 6 nitrogen and oxygen atoms in total. The minimum Gasteiger partial charge on any atom is -0.460 e. The van der Waals surface area contributed by atoms with Gasteiger partial charge in [0.25, 0.3) is 0 Å². The molecular weight excluding hydrogens is 302 g/mol. The van der Waals surface area contributed by atoms with Gasteiger partial charge in [0.2, 0.25) is 0 Å². The number of nitrogens with zero attached hydrogens (tertiary/aromatic N) is 4. The fourth-order valence-corrected chi connectivity index (χ4v) is 3.00. The van der Waals surface area contributed by atoms with Gasteiger partial charge in [-0.3, -0.25) is 0 Å². The van der Waals surface area contributed by atoms with Crippen LogP contribution in [0, 0.1) is 6.92 Å². The van der Waals surface area contributed by atoms with Gasteiger partial charge in [0, 0.05) is 5.69 Å². The first-order valence-electron chi connectivity index (χ1n) is 8.26.